The topological polar surface area (TPSA) is 65.7 Å². The Labute approximate surface area is 94.0 Å². The number of aliphatic hydroxyl groups is 1. The molecule has 1 aromatic heterocycles. The van der Waals surface area contributed by atoms with Crippen LogP contribution in [0.4, 0.5) is 0 Å². The van der Waals surface area contributed by atoms with Crippen molar-refractivity contribution in [2.75, 3.05) is 19.7 Å². The van der Waals surface area contributed by atoms with Crippen molar-refractivity contribution in [3.63, 3.8) is 0 Å². The fourth-order valence-corrected chi connectivity index (χ4v) is 1.92. The van der Waals surface area contributed by atoms with Crippen LogP contribution in [0.2, 0.25) is 0 Å². The molecule has 88 valence electrons. The first-order chi connectivity index (χ1) is 7.81. The van der Waals surface area contributed by atoms with Gasteiger partial charge in [-0.05, 0) is 18.6 Å². The summed E-state index contributed by atoms with van der Waals surface area (Å²) in [5.74, 6) is 0.708. The van der Waals surface area contributed by atoms with Gasteiger partial charge in [0.05, 0.1) is 19.4 Å². The van der Waals surface area contributed by atoms with E-state index in [0.717, 1.165) is 18.7 Å². The molecule has 1 aliphatic rings. The van der Waals surface area contributed by atoms with Gasteiger partial charge in [-0.15, -0.1) is 0 Å². The molecule has 2 rings (SSSR count). The zero-order valence-corrected chi connectivity index (χ0v) is 9.06. The van der Waals surface area contributed by atoms with E-state index in [1.165, 1.54) is 0 Å². The number of nitrogens with one attached hydrogen (secondary N) is 1. The van der Waals surface area contributed by atoms with Crippen LogP contribution >= 0.6 is 0 Å². The standard InChI is InChI=1S/C11H16N2O3/c14-8-10-11(15)12-4-2-5-13(10)7-9-3-1-6-16-9/h1,3,6,10,14H,2,4-5,7-8H2,(H,12,15). The maximum Gasteiger partial charge on any atom is 0.239 e. The molecule has 1 fully saturated rings. The summed E-state index contributed by atoms with van der Waals surface area (Å²) in [6.07, 6.45) is 2.50. The second-order valence-electron chi connectivity index (χ2n) is 3.89. The van der Waals surface area contributed by atoms with Crippen LogP contribution in [-0.4, -0.2) is 41.7 Å². The highest BCUT2D eigenvalue weighted by Crippen LogP contribution is 2.11. The van der Waals surface area contributed by atoms with Gasteiger partial charge in [0.2, 0.25) is 5.91 Å². The van der Waals surface area contributed by atoms with Crippen LogP contribution in [0.3, 0.4) is 0 Å². The number of hydrogen-bond donors (Lipinski definition) is 2. The summed E-state index contributed by atoms with van der Waals surface area (Å²) in [6.45, 7) is 1.85. The summed E-state index contributed by atoms with van der Waals surface area (Å²) in [5, 5.41) is 12.0. The Morgan fingerprint density at radius 1 is 1.62 bits per heavy atom. The second kappa shape index (κ2) is 5.14. The molecule has 2 N–H and O–H groups in total. The smallest absolute Gasteiger partial charge is 0.239 e. The van der Waals surface area contributed by atoms with Crippen molar-refractivity contribution in [2.24, 2.45) is 0 Å². The summed E-state index contributed by atoms with van der Waals surface area (Å²) in [7, 11) is 0. The van der Waals surface area contributed by atoms with Crippen LogP contribution in [0.15, 0.2) is 22.8 Å². The van der Waals surface area contributed by atoms with Crippen LogP contribution in [0.5, 0.6) is 0 Å². The molecule has 1 unspecified atom stereocenters. The molecule has 16 heavy (non-hydrogen) atoms. The maximum absolute atomic E-state index is 11.6. The molecular formula is C11H16N2O3. The number of furan rings is 1. The van der Waals surface area contributed by atoms with E-state index in [9.17, 15) is 9.90 Å². The molecule has 0 aliphatic carbocycles. The fraction of sp³-hybridized carbons (Fsp3) is 0.545. The number of hydrogen-bond acceptors (Lipinski definition) is 4. The van der Waals surface area contributed by atoms with Gasteiger partial charge in [-0.1, -0.05) is 0 Å². The first-order valence-electron chi connectivity index (χ1n) is 5.46. The summed E-state index contributed by atoms with van der Waals surface area (Å²) in [4.78, 5) is 13.6. The van der Waals surface area contributed by atoms with Crippen LogP contribution in [0.1, 0.15) is 12.2 Å². The second-order valence-corrected chi connectivity index (χ2v) is 3.89. The van der Waals surface area contributed by atoms with Crippen molar-refractivity contribution in [2.45, 2.75) is 19.0 Å². The Balaban J connectivity index is 2.07. The number of carbonyl (C=O) groups excluding carboxylic acids is 1. The van der Waals surface area contributed by atoms with Crippen LogP contribution < -0.4 is 5.32 Å². The normalized spacial score (nSPS) is 22.8. The van der Waals surface area contributed by atoms with Gasteiger partial charge < -0.3 is 14.8 Å². The van der Waals surface area contributed by atoms with E-state index in [4.69, 9.17) is 4.42 Å². The molecule has 0 aromatic carbocycles. The molecule has 1 amide bonds. The molecular weight excluding hydrogens is 208 g/mol. The quantitative estimate of drug-likeness (QED) is 0.756. The Morgan fingerprint density at radius 3 is 3.19 bits per heavy atom. The van der Waals surface area contributed by atoms with Gasteiger partial charge in [-0.2, -0.15) is 0 Å². The van der Waals surface area contributed by atoms with E-state index in [2.05, 4.69) is 5.32 Å². The van der Waals surface area contributed by atoms with Crippen molar-refractivity contribution < 1.29 is 14.3 Å². The Morgan fingerprint density at radius 2 is 2.50 bits per heavy atom. The fourth-order valence-electron chi connectivity index (χ4n) is 1.92. The van der Waals surface area contributed by atoms with Crippen molar-refractivity contribution >= 4 is 5.91 Å². The molecule has 0 saturated carbocycles. The van der Waals surface area contributed by atoms with Gasteiger partial charge in [-0.25, -0.2) is 0 Å². The average Bonchev–Trinajstić information content (AvgIpc) is 2.71. The summed E-state index contributed by atoms with van der Waals surface area (Å²) in [5.41, 5.74) is 0. The zero-order chi connectivity index (χ0) is 11.4. The highest BCUT2D eigenvalue weighted by atomic mass is 16.3. The minimum Gasteiger partial charge on any atom is -0.468 e. The lowest BCUT2D eigenvalue weighted by Crippen LogP contribution is -2.46. The van der Waals surface area contributed by atoms with Crippen molar-refractivity contribution in [1.82, 2.24) is 10.2 Å². The van der Waals surface area contributed by atoms with Gasteiger partial charge in [0, 0.05) is 13.1 Å². The summed E-state index contributed by atoms with van der Waals surface area (Å²) >= 11 is 0. The van der Waals surface area contributed by atoms with Crippen LogP contribution in [0, 0.1) is 0 Å². The van der Waals surface area contributed by atoms with E-state index in [1.54, 1.807) is 6.26 Å². The predicted octanol–water partition coefficient (Wildman–Crippen LogP) is -0.0376. The SMILES string of the molecule is O=C1NCCCN(Cc2ccco2)C1CO. The lowest BCUT2D eigenvalue weighted by Gasteiger charge is -2.25. The third kappa shape index (κ3) is 2.43. The van der Waals surface area contributed by atoms with Crippen molar-refractivity contribution in [3.05, 3.63) is 24.2 Å². The third-order valence-corrected chi connectivity index (χ3v) is 2.78. The van der Waals surface area contributed by atoms with Crippen molar-refractivity contribution in [3.8, 4) is 0 Å². The molecule has 0 radical (unpaired) electrons. The predicted molar refractivity (Wildman–Crippen MR) is 57.6 cm³/mol. The number of nitrogens with zero attached hydrogens (tertiary/aromatic N) is 1. The lowest BCUT2D eigenvalue weighted by atomic mass is 10.2. The van der Waals surface area contributed by atoms with E-state index < -0.39 is 6.04 Å². The minimum atomic E-state index is -0.465. The van der Waals surface area contributed by atoms with Gasteiger partial charge in [0.15, 0.2) is 0 Å². The first kappa shape index (κ1) is 11.2. The van der Waals surface area contributed by atoms with E-state index in [-0.39, 0.29) is 12.5 Å². The molecule has 0 bridgehead atoms. The lowest BCUT2D eigenvalue weighted by molar-refractivity contribution is -0.127. The maximum atomic E-state index is 11.6. The van der Waals surface area contributed by atoms with Gasteiger partial charge in [0.1, 0.15) is 11.8 Å². The molecule has 0 spiro atoms. The molecule has 1 aromatic rings. The summed E-state index contributed by atoms with van der Waals surface area (Å²) in [6, 6.07) is 3.23. The molecule has 5 heteroatoms. The molecule has 5 nitrogen and oxygen atoms in total. The van der Waals surface area contributed by atoms with Gasteiger partial charge in [-0.3, -0.25) is 9.69 Å². The van der Waals surface area contributed by atoms with Crippen LogP contribution in [-0.2, 0) is 11.3 Å². The monoisotopic (exact) mass is 224 g/mol. The number of aliphatic hydroxyl groups excluding tert-OH is 1. The summed E-state index contributed by atoms with van der Waals surface area (Å²) < 4.78 is 5.25. The Kier molecular flexibility index (Phi) is 3.58. The largest absolute Gasteiger partial charge is 0.468 e. The minimum absolute atomic E-state index is 0.105. The van der Waals surface area contributed by atoms with Crippen LogP contribution in [0.25, 0.3) is 0 Å². The van der Waals surface area contributed by atoms with Crippen molar-refractivity contribution in [1.29, 1.82) is 0 Å². The number of carbonyl (C=O) groups is 1. The molecule has 1 aliphatic heterocycles. The zero-order valence-electron chi connectivity index (χ0n) is 9.06. The Bertz CT molecular complexity index is 337. The molecule has 1 atom stereocenters. The number of amides is 1. The third-order valence-electron chi connectivity index (χ3n) is 2.78. The highest BCUT2D eigenvalue weighted by molar-refractivity contribution is 5.82. The highest BCUT2D eigenvalue weighted by Gasteiger charge is 2.27. The van der Waals surface area contributed by atoms with E-state index >= 15 is 0 Å². The van der Waals surface area contributed by atoms with E-state index in [1.807, 2.05) is 17.0 Å². The van der Waals surface area contributed by atoms with E-state index in [0.29, 0.717) is 13.1 Å². The van der Waals surface area contributed by atoms with Gasteiger partial charge >= 0.3 is 0 Å². The molecule has 2 heterocycles. The van der Waals surface area contributed by atoms with Gasteiger partial charge in [0.25, 0.3) is 0 Å². The Hall–Kier alpha value is -1.33. The average molecular weight is 224 g/mol. The molecule has 1 saturated heterocycles. The number of rotatable bonds is 3. The first-order valence-corrected chi connectivity index (χ1v) is 5.46.